The summed E-state index contributed by atoms with van der Waals surface area (Å²) < 4.78 is 5.84. The van der Waals surface area contributed by atoms with Gasteiger partial charge < -0.3 is 4.74 Å². The van der Waals surface area contributed by atoms with Crippen LogP contribution >= 0.6 is 11.6 Å². The summed E-state index contributed by atoms with van der Waals surface area (Å²) in [6, 6.07) is 4.03. The highest BCUT2D eigenvalue weighted by Crippen LogP contribution is 2.35. The number of rotatable bonds is 6. The summed E-state index contributed by atoms with van der Waals surface area (Å²) in [6.45, 7) is 13.0. The fourth-order valence-corrected chi connectivity index (χ4v) is 2.25. The Bertz CT molecular complexity index is 410. The van der Waals surface area contributed by atoms with Crippen LogP contribution in [0.25, 0.3) is 0 Å². The molecule has 1 aromatic rings. The van der Waals surface area contributed by atoms with Crippen LogP contribution in [0, 0.1) is 5.92 Å². The van der Waals surface area contributed by atoms with Crippen molar-refractivity contribution in [1.29, 1.82) is 0 Å². The van der Waals surface area contributed by atoms with Gasteiger partial charge in [-0.25, -0.2) is 0 Å². The molecule has 2 heteroatoms. The molecule has 0 spiro atoms. The van der Waals surface area contributed by atoms with Crippen LogP contribution in [0.4, 0.5) is 0 Å². The molecule has 0 radical (unpaired) electrons. The third kappa shape index (κ3) is 3.78. The maximum atomic E-state index is 6.21. The number of allylic oxidation sites excluding steroid dienone is 1. The minimum absolute atomic E-state index is 0.406. The second kappa shape index (κ2) is 6.84. The van der Waals surface area contributed by atoms with Gasteiger partial charge in [-0.2, -0.15) is 0 Å². The van der Waals surface area contributed by atoms with Crippen molar-refractivity contribution in [3.63, 3.8) is 0 Å². The van der Waals surface area contributed by atoms with Crippen molar-refractivity contribution in [1.82, 2.24) is 0 Å². The lowest BCUT2D eigenvalue weighted by Crippen LogP contribution is -2.05. The Morgan fingerprint density at radius 3 is 2.50 bits per heavy atom. The van der Waals surface area contributed by atoms with Crippen LogP contribution in [0.5, 0.6) is 5.75 Å². The molecule has 0 N–H and O–H groups in total. The topological polar surface area (TPSA) is 9.23 Å². The average molecular weight is 267 g/mol. The molecular weight excluding hydrogens is 244 g/mol. The van der Waals surface area contributed by atoms with Gasteiger partial charge in [-0.15, -0.1) is 6.58 Å². The number of hydrogen-bond donors (Lipinski definition) is 0. The molecule has 0 amide bonds. The Morgan fingerprint density at radius 1 is 1.33 bits per heavy atom. The van der Waals surface area contributed by atoms with Crippen LogP contribution in [-0.2, 0) is 6.42 Å². The first-order chi connectivity index (χ1) is 8.49. The molecule has 0 aliphatic carbocycles. The lowest BCUT2D eigenvalue weighted by Gasteiger charge is -2.19. The van der Waals surface area contributed by atoms with Crippen molar-refractivity contribution in [3.05, 3.63) is 40.9 Å². The van der Waals surface area contributed by atoms with Crippen molar-refractivity contribution >= 4 is 11.6 Å². The summed E-state index contributed by atoms with van der Waals surface area (Å²) in [5.41, 5.74) is 2.37. The first-order valence-electron chi connectivity index (χ1n) is 6.57. The van der Waals surface area contributed by atoms with Crippen molar-refractivity contribution in [2.24, 2.45) is 5.92 Å². The molecule has 0 saturated carbocycles. The van der Waals surface area contributed by atoms with E-state index >= 15 is 0 Å². The predicted molar refractivity (Wildman–Crippen MR) is 79.8 cm³/mol. The molecule has 0 aliphatic rings. The highest BCUT2D eigenvalue weighted by molar-refractivity contribution is 6.30. The van der Waals surface area contributed by atoms with Gasteiger partial charge in [-0.3, -0.25) is 0 Å². The van der Waals surface area contributed by atoms with Gasteiger partial charge in [0.05, 0.1) is 6.61 Å². The van der Waals surface area contributed by atoms with E-state index in [2.05, 4.69) is 27.4 Å². The lowest BCUT2D eigenvalue weighted by molar-refractivity contribution is 0.330. The van der Waals surface area contributed by atoms with E-state index in [9.17, 15) is 0 Å². The number of benzene rings is 1. The number of halogens is 1. The van der Waals surface area contributed by atoms with Crippen LogP contribution in [-0.4, -0.2) is 6.61 Å². The molecule has 0 aliphatic heterocycles. The zero-order chi connectivity index (χ0) is 13.7. The van der Waals surface area contributed by atoms with Crippen molar-refractivity contribution < 1.29 is 4.74 Å². The Kier molecular flexibility index (Phi) is 5.74. The molecule has 0 aromatic heterocycles. The van der Waals surface area contributed by atoms with Gasteiger partial charge in [-0.1, -0.05) is 38.4 Å². The van der Waals surface area contributed by atoms with Crippen LogP contribution in [0.15, 0.2) is 24.8 Å². The normalized spacial score (nSPS) is 12.6. The van der Waals surface area contributed by atoms with Crippen LogP contribution in [0.1, 0.15) is 44.7 Å². The third-order valence-corrected chi connectivity index (χ3v) is 3.23. The van der Waals surface area contributed by atoms with Gasteiger partial charge in [0.1, 0.15) is 5.75 Å². The third-order valence-electron chi connectivity index (χ3n) is 3.01. The summed E-state index contributed by atoms with van der Waals surface area (Å²) >= 11 is 6.21. The molecule has 0 bridgehead atoms. The second-order valence-electron chi connectivity index (χ2n) is 4.99. The van der Waals surface area contributed by atoms with Crippen molar-refractivity contribution in [2.45, 2.75) is 40.0 Å². The van der Waals surface area contributed by atoms with Gasteiger partial charge >= 0.3 is 0 Å². The Morgan fingerprint density at radius 2 is 2.00 bits per heavy atom. The molecule has 1 nitrogen and oxygen atoms in total. The smallest absolute Gasteiger partial charge is 0.126 e. The van der Waals surface area contributed by atoms with E-state index in [0.717, 1.165) is 17.2 Å². The largest absolute Gasteiger partial charge is 0.493 e. The van der Waals surface area contributed by atoms with Gasteiger partial charge in [0, 0.05) is 5.02 Å². The number of ether oxygens (including phenoxy) is 1. The van der Waals surface area contributed by atoms with E-state index in [4.69, 9.17) is 16.3 Å². The standard InChI is InChI=1S/C16H23ClO/c1-6-12(5)8-13-9-14(17)10-15(11(3)4)16(13)18-7-2/h6,9-12H,1,7-8H2,2-5H3. The van der Waals surface area contributed by atoms with E-state index in [1.165, 1.54) is 11.1 Å². The molecular formula is C16H23ClO. The molecule has 100 valence electrons. The highest BCUT2D eigenvalue weighted by atomic mass is 35.5. The van der Waals surface area contributed by atoms with E-state index in [0.29, 0.717) is 18.4 Å². The molecule has 0 saturated heterocycles. The Hall–Kier alpha value is -0.950. The minimum atomic E-state index is 0.406. The first kappa shape index (κ1) is 15.1. The first-order valence-corrected chi connectivity index (χ1v) is 6.95. The average Bonchev–Trinajstić information content (AvgIpc) is 2.31. The molecule has 1 aromatic carbocycles. The summed E-state index contributed by atoms with van der Waals surface area (Å²) in [6.07, 6.45) is 2.88. The van der Waals surface area contributed by atoms with Crippen LogP contribution in [0.2, 0.25) is 5.02 Å². The molecule has 0 fully saturated rings. The van der Waals surface area contributed by atoms with Crippen LogP contribution in [0.3, 0.4) is 0 Å². The monoisotopic (exact) mass is 266 g/mol. The van der Waals surface area contributed by atoms with Gasteiger partial charge in [-0.05, 0) is 48.4 Å². The Balaban J connectivity index is 3.24. The molecule has 18 heavy (non-hydrogen) atoms. The van der Waals surface area contributed by atoms with Gasteiger partial charge in [0.25, 0.3) is 0 Å². The van der Waals surface area contributed by atoms with Gasteiger partial charge in [0.2, 0.25) is 0 Å². The zero-order valence-electron chi connectivity index (χ0n) is 11.8. The molecule has 1 atom stereocenters. The number of hydrogen-bond acceptors (Lipinski definition) is 1. The summed E-state index contributed by atoms with van der Waals surface area (Å²) in [7, 11) is 0. The second-order valence-corrected chi connectivity index (χ2v) is 5.42. The van der Waals surface area contributed by atoms with E-state index in [1.54, 1.807) is 0 Å². The predicted octanol–water partition coefficient (Wildman–Crippen LogP) is 5.23. The lowest BCUT2D eigenvalue weighted by atomic mass is 9.94. The van der Waals surface area contributed by atoms with Crippen molar-refractivity contribution in [3.8, 4) is 5.75 Å². The summed E-state index contributed by atoms with van der Waals surface area (Å²) in [5, 5.41) is 0.786. The molecule has 0 heterocycles. The van der Waals surface area contributed by atoms with Gasteiger partial charge in [0.15, 0.2) is 0 Å². The van der Waals surface area contributed by atoms with E-state index in [-0.39, 0.29) is 0 Å². The fourth-order valence-electron chi connectivity index (χ4n) is 2.00. The fraction of sp³-hybridized carbons (Fsp3) is 0.500. The minimum Gasteiger partial charge on any atom is -0.493 e. The van der Waals surface area contributed by atoms with Crippen LogP contribution < -0.4 is 4.74 Å². The SMILES string of the molecule is C=CC(C)Cc1cc(Cl)cc(C(C)C)c1OCC. The Labute approximate surface area is 116 Å². The molecule has 1 rings (SSSR count). The maximum absolute atomic E-state index is 6.21. The molecule has 1 unspecified atom stereocenters. The zero-order valence-corrected chi connectivity index (χ0v) is 12.6. The highest BCUT2D eigenvalue weighted by Gasteiger charge is 2.15. The van der Waals surface area contributed by atoms with E-state index in [1.807, 2.05) is 25.1 Å². The summed E-state index contributed by atoms with van der Waals surface area (Å²) in [5.74, 6) is 1.83. The maximum Gasteiger partial charge on any atom is 0.126 e. The quantitative estimate of drug-likeness (QED) is 0.641. The summed E-state index contributed by atoms with van der Waals surface area (Å²) in [4.78, 5) is 0. The van der Waals surface area contributed by atoms with E-state index < -0.39 is 0 Å². The van der Waals surface area contributed by atoms with Crippen molar-refractivity contribution in [2.75, 3.05) is 6.61 Å².